The second-order valence-electron chi connectivity index (χ2n) is 8.65. The highest BCUT2D eigenvalue weighted by atomic mass is 127. The van der Waals surface area contributed by atoms with Crippen molar-refractivity contribution < 1.29 is 4.74 Å². The molecular weight excluding hydrogens is 455 g/mol. The van der Waals surface area contributed by atoms with Crippen LogP contribution in [0.1, 0.15) is 51.7 Å². The van der Waals surface area contributed by atoms with Gasteiger partial charge in [-0.1, -0.05) is 20.8 Å². The molecule has 3 atom stereocenters. The fourth-order valence-electron chi connectivity index (χ4n) is 4.18. The minimum atomic E-state index is 0. The lowest BCUT2D eigenvalue weighted by Crippen LogP contribution is -2.50. The molecule has 7 nitrogen and oxygen atoms in total. The molecule has 0 radical (unpaired) electrons. The van der Waals surface area contributed by atoms with E-state index in [1.54, 1.807) is 0 Å². The summed E-state index contributed by atoms with van der Waals surface area (Å²) in [4.78, 5) is 8.90. The lowest BCUT2D eigenvalue weighted by molar-refractivity contribution is -0.0835. The quantitative estimate of drug-likeness (QED) is 0.387. The van der Waals surface area contributed by atoms with Crippen LogP contribution in [0.25, 0.3) is 0 Å². The number of hydrogen-bond acceptors (Lipinski definition) is 4. The van der Waals surface area contributed by atoms with E-state index < -0.39 is 0 Å². The first kappa shape index (κ1) is 22.4. The van der Waals surface area contributed by atoms with Crippen molar-refractivity contribution in [3.05, 3.63) is 11.6 Å². The zero-order chi connectivity index (χ0) is 18.7. The molecule has 0 saturated carbocycles. The lowest BCUT2D eigenvalue weighted by atomic mass is 9.78. The number of halogens is 1. The highest BCUT2D eigenvalue weighted by Crippen LogP contribution is 2.33. The van der Waals surface area contributed by atoms with Crippen molar-refractivity contribution in [3.63, 3.8) is 0 Å². The molecule has 1 saturated heterocycles. The highest BCUT2D eigenvalue weighted by molar-refractivity contribution is 14.0. The van der Waals surface area contributed by atoms with Gasteiger partial charge in [0.15, 0.2) is 5.96 Å². The van der Waals surface area contributed by atoms with E-state index in [0.29, 0.717) is 12.0 Å². The molecule has 0 amide bonds. The number of nitrogens with one attached hydrogen (secondary N) is 2. The Kier molecular flexibility index (Phi) is 7.91. The van der Waals surface area contributed by atoms with Gasteiger partial charge >= 0.3 is 0 Å². The Balaban J connectivity index is 0.00000261. The summed E-state index contributed by atoms with van der Waals surface area (Å²) in [5.74, 6) is 3.33. The summed E-state index contributed by atoms with van der Waals surface area (Å²) in [6.07, 6.45) is 4.64. The first-order valence-corrected chi connectivity index (χ1v) is 9.86. The molecule has 2 N–H and O–H groups in total. The molecule has 1 fully saturated rings. The molecule has 8 heteroatoms. The Morgan fingerprint density at radius 3 is 2.81 bits per heavy atom. The smallest absolute Gasteiger partial charge is 0.191 e. The molecular formula is C19H35IN6O. The largest absolute Gasteiger partial charge is 0.377 e. The average molecular weight is 490 g/mol. The average Bonchev–Trinajstić information content (AvgIpc) is 2.97. The van der Waals surface area contributed by atoms with Crippen LogP contribution < -0.4 is 10.6 Å². The Bertz CT molecular complexity index is 639. The number of hydrogen-bond donors (Lipinski definition) is 2. The van der Waals surface area contributed by atoms with Gasteiger partial charge in [-0.25, -0.2) is 9.67 Å². The van der Waals surface area contributed by atoms with E-state index >= 15 is 0 Å². The summed E-state index contributed by atoms with van der Waals surface area (Å²) in [5, 5.41) is 11.6. The fraction of sp³-hybridized carbons (Fsp3) is 0.842. The first-order valence-electron chi connectivity index (χ1n) is 9.86. The maximum Gasteiger partial charge on any atom is 0.191 e. The summed E-state index contributed by atoms with van der Waals surface area (Å²) in [6, 6.07) is 0.329. The van der Waals surface area contributed by atoms with Gasteiger partial charge < -0.3 is 15.4 Å². The van der Waals surface area contributed by atoms with Crippen LogP contribution in [0.15, 0.2) is 4.99 Å². The molecule has 3 rings (SSSR count). The van der Waals surface area contributed by atoms with Crippen LogP contribution >= 0.6 is 24.0 Å². The Hall–Kier alpha value is -0.900. The molecule has 1 aromatic rings. The molecule has 0 spiro atoms. The van der Waals surface area contributed by atoms with Crippen LogP contribution in [-0.4, -0.2) is 53.1 Å². The normalized spacial score (nSPS) is 26.1. The molecule has 154 valence electrons. The van der Waals surface area contributed by atoms with E-state index in [0.717, 1.165) is 56.6 Å². The Morgan fingerprint density at radius 1 is 1.33 bits per heavy atom. The van der Waals surface area contributed by atoms with Crippen molar-refractivity contribution in [1.82, 2.24) is 25.4 Å². The number of aliphatic imine (C=N–C) groups is 1. The van der Waals surface area contributed by atoms with Gasteiger partial charge in [-0.2, -0.15) is 5.10 Å². The summed E-state index contributed by atoms with van der Waals surface area (Å²) >= 11 is 0. The fourth-order valence-corrected chi connectivity index (χ4v) is 4.18. The van der Waals surface area contributed by atoms with Gasteiger partial charge in [0.1, 0.15) is 11.6 Å². The molecule has 2 aliphatic rings. The van der Waals surface area contributed by atoms with Gasteiger partial charge in [-0.05, 0) is 31.6 Å². The maximum atomic E-state index is 6.09. The van der Waals surface area contributed by atoms with Gasteiger partial charge in [0.05, 0.1) is 12.6 Å². The standard InChI is InChI=1S/C19H34N6O.HI/c1-13-22-16-9-8-15(12-25(16)24-13)23-18(20-5)21-11-14-7-6-10-26-17(14)19(2,3)4;/h14-15,17H,6-12H2,1-5H3,(H2,20,21,23);1H. The SMILES string of the molecule is CN=C(NCC1CCCOC1C(C)(C)C)NC1CCc2nc(C)nn2C1.I. The van der Waals surface area contributed by atoms with Gasteiger partial charge in [0.25, 0.3) is 0 Å². The van der Waals surface area contributed by atoms with Crippen LogP contribution in [0.2, 0.25) is 0 Å². The van der Waals surface area contributed by atoms with Crippen molar-refractivity contribution in [3.8, 4) is 0 Å². The number of aryl methyl sites for hydroxylation is 2. The first-order chi connectivity index (χ1) is 12.4. The molecule has 0 bridgehead atoms. The number of rotatable bonds is 3. The van der Waals surface area contributed by atoms with Crippen molar-refractivity contribution in [1.29, 1.82) is 0 Å². The predicted octanol–water partition coefficient (Wildman–Crippen LogP) is 2.53. The van der Waals surface area contributed by atoms with E-state index in [-0.39, 0.29) is 35.5 Å². The minimum Gasteiger partial charge on any atom is -0.377 e. The van der Waals surface area contributed by atoms with Gasteiger partial charge in [0, 0.05) is 38.6 Å². The Morgan fingerprint density at radius 2 is 2.11 bits per heavy atom. The molecule has 3 heterocycles. The highest BCUT2D eigenvalue weighted by Gasteiger charge is 2.35. The van der Waals surface area contributed by atoms with Crippen molar-refractivity contribution in [2.45, 2.75) is 72.1 Å². The summed E-state index contributed by atoms with van der Waals surface area (Å²) < 4.78 is 8.12. The third kappa shape index (κ3) is 5.79. The van der Waals surface area contributed by atoms with E-state index in [2.05, 4.69) is 46.5 Å². The van der Waals surface area contributed by atoms with Crippen molar-refractivity contribution in [2.24, 2.45) is 16.3 Å². The van der Waals surface area contributed by atoms with Gasteiger partial charge in [0.2, 0.25) is 0 Å². The maximum absolute atomic E-state index is 6.09. The van der Waals surface area contributed by atoms with E-state index in [1.165, 1.54) is 6.42 Å². The zero-order valence-electron chi connectivity index (χ0n) is 17.3. The number of guanidine groups is 1. The molecule has 27 heavy (non-hydrogen) atoms. The Labute approximate surface area is 180 Å². The topological polar surface area (TPSA) is 76.4 Å². The van der Waals surface area contributed by atoms with E-state index in [9.17, 15) is 0 Å². The van der Waals surface area contributed by atoms with Crippen molar-refractivity contribution in [2.75, 3.05) is 20.2 Å². The molecule has 0 aliphatic carbocycles. The lowest BCUT2D eigenvalue weighted by Gasteiger charge is -2.40. The molecule has 1 aromatic heterocycles. The third-order valence-electron chi connectivity index (χ3n) is 5.36. The second-order valence-corrected chi connectivity index (χ2v) is 8.65. The summed E-state index contributed by atoms with van der Waals surface area (Å²) in [5.41, 5.74) is 0.161. The van der Waals surface area contributed by atoms with Gasteiger partial charge in [-0.3, -0.25) is 4.99 Å². The van der Waals surface area contributed by atoms with E-state index in [1.807, 2.05) is 18.7 Å². The third-order valence-corrected chi connectivity index (χ3v) is 5.36. The number of fused-ring (bicyclic) bond motifs is 1. The minimum absolute atomic E-state index is 0. The van der Waals surface area contributed by atoms with Crippen molar-refractivity contribution >= 4 is 29.9 Å². The monoisotopic (exact) mass is 490 g/mol. The van der Waals surface area contributed by atoms with Crippen LogP contribution in [0, 0.1) is 18.3 Å². The van der Waals surface area contributed by atoms with Gasteiger partial charge in [-0.15, -0.1) is 24.0 Å². The number of ether oxygens (including phenoxy) is 1. The molecule has 2 aliphatic heterocycles. The number of aromatic nitrogens is 3. The predicted molar refractivity (Wildman–Crippen MR) is 119 cm³/mol. The van der Waals surface area contributed by atoms with Crippen LogP contribution in [0.5, 0.6) is 0 Å². The second kappa shape index (κ2) is 9.54. The number of nitrogens with zero attached hydrogens (tertiary/aromatic N) is 4. The zero-order valence-corrected chi connectivity index (χ0v) is 19.6. The summed E-state index contributed by atoms with van der Waals surface area (Å²) in [7, 11) is 1.84. The molecule has 0 aromatic carbocycles. The van der Waals surface area contributed by atoms with Crippen LogP contribution in [0.4, 0.5) is 0 Å². The van der Waals surface area contributed by atoms with E-state index in [4.69, 9.17) is 4.74 Å². The van der Waals surface area contributed by atoms with Crippen LogP contribution in [-0.2, 0) is 17.7 Å². The van der Waals surface area contributed by atoms with Crippen LogP contribution in [0.3, 0.4) is 0 Å². The molecule has 3 unspecified atom stereocenters. The summed E-state index contributed by atoms with van der Waals surface area (Å²) in [6.45, 7) is 11.4.